The molecule has 0 saturated heterocycles. The zero-order chi connectivity index (χ0) is 33.6. The minimum atomic E-state index is -2.91. The van der Waals surface area contributed by atoms with E-state index in [-0.39, 0.29) is 1.45 Å². The van der Waals surface area contributed by atoms with E-state index in [1.54, 1.807) is 14.3 Å². The van der Waals surface area contributed by atoms with E-state index in [2.05, 4.69) is 197 Å². The van der Waals surface area contributed by atoms with E-state index in [9.17, 15) is 0 Å². The number of rotatable bonds is 14. The summed E-state index contributed by atoms with van der Waals surface area (Å²) in [6.45, 7) is 3.80. The van der Waals surface area contributed by atoms with Crippen LogP contribution in [0.3, 0.4) is 0 Å². The Morgan fingerprint density at radius 3 is 0.851 bits per heavy atom. The van der Waals surface area contributed by atoms with Crippen molar-refractivity contribution in [3.8, 4) is 0 Å². The van der Waals surface area contributed by atoms with Crippen LogP contribution >= 0.6 is 0 Å². The topological polar surface area (TPSA) is 13.0 Å². The van der Waals surface area contributed by atoms with Gasteiger partial charge in [0.1, 0.15) is 0 Å². The molecule has 47 heavy (non-hydrogen) atoms. The molecule has 0 atom stereocenters. The third kappa shape index (κ3) is 8.51. The van der Waals surface area contributed by atoms with E-state index in [0.717, 1.165) is 26.2 Å². The predicted molar refractivity (Wildman–Crippen MR) is 206 cm³/mol. The molecule has 0 fully saturated rings. The molecule has 4 aromatic carbocycles. The van der Waals surface area contributed by atoms with Gasteiger partial charge in [0.05, 0.1) is 0 Å². The van der Waals surface area contributed by atoms with Crippen LogP contribution in [-0.4, -0.2) is 116 Å². The second-order valence-corrected chi connectivity index (χ2v) is 33.1. The fraction of sp³-hybridized carbons (Fsp3) is 0.317. The molecule has 4 aromatic rings. The van der Waals surface area contributed by atoms with Crippen molar-refractivity contribution in [2.45, 2.75) is 27.6 Å². The Morgan fingerprint density at radius 1 is 0.383 bits per heavy atom. The molecule has 0 aliphatic heterocycles. The second kappa shape index (κ2) is 16.5. The van der Waals surface area contributed by atoms with Gasteiger partial charge in [-0.1, -0.05) is 0 Å². The number of nitrogens with zero attached hydrogens (tertiary/aromatic N) is 4. The van der Waals surface area contributed by atoms with Gasteiger partial charge < -0.3 is 0 Å². The molecule has 4 nitrogen and oxygen atoms in total. The van der Waals surface area contributed by atoms with Gasteiger partial charge in [0, 0.05) is 0 Å². The number of hydrogen-bond donors (Lipinski definition) is 0. The van der Waals surface area contributed by atoms with Crippen molar-refractivity contribution in [3.63, 3.8) is 0 Å². The van der Waals surface area contributed by atoms with Gasteiger partial charge in [-0.15, -0.1) is 0 Å². The standard InChI is InChI=1S/4C9H12N.C5H4.2Sn/c4*1-10(2)8-9-6-4-3-5-7-9;1-2-4-5-3-1;;/h4*3-6H,8H2,1-2H3;1-4H;;. The predicted octanol–water partition coefficient (Wildman–Crippen LogP) is 4.26. The first-order valence-electron chi connectivity index (χ1n) is 16.6. The van der Waals surface area contributed by atoms with Gasteiger partial charge in [0.15, 0.2) is 0 Å². The summed E-state index contributed by atoms with van der Waals surface area (Å²) in [5, 5.41) is 0. The average molecular weight is 838 g/mol. The first-order chi connectivity index (χ1) is 22.6. The van der Waals surface area contributed by atoms with Crippen molar-refractivity contribution in [2.75, 3.05) is 56.4 Å². The molecule has 0 amide bonds. The summed E-state index contributed by atoms with van der Waals surface area (Å²) < 4.78 is 6.57. The van der Waals surface area contributed by atoms with Crippen LogP contribution in [0.15, 0.2) is 121 Å². The molecule has 0 N–H and O–H groups in total. The van der Waals surface area contributed by atoms with Crippen molar-refractivity contribution >= 4 is 53.8 Å². The summed E-state index contributed by atoms with van der Waals surface area (Å²) in [7, 11) is 17.7. The van der Waals surface area contributed by atoms with Crippen molar-refractivity contribution in [1.29, 1.82) is 0 Å². The molecule has 1 aliphatic carbocycles. The van der Waals surface area contributed by atoms with Crippen LogP contribution in [0.25, 0.3) is 0 Å². The third-order valence-electron chi connectivity index (χ3n) is 8.75. The van der Waals surface area contributed by atoms with Gasteiger partial charge in [-0.05, 0) is 0 Å². The van der Waals surface area contributed by atoms with Crippen LogP contribution in [0.2, 0.25) is 1.45 Å². The maximum atomic E-state index is 2.70. The Hall–Kier alpha value is -2.20. The number of allylic oxidation sites excluding steroid dienone is 4. The monoisotopic (exact) mass is 840 g/mol. The summed E-state index contributed by atoms with van der Waals surface area (Å²) in [6, 6.07) is 37.9. The first-order valence-corrected chi connectivity index (χ1v) is 25.2. The Labute approximate surface area is 298 Å². The van der Waals surface area contributed by atoms with Crippen molar-refractivity contribution < 1.29 is 0 Å². The number of hydrogen-bond acceptors (Lipinski definition) is 4. The van der Waals surface area contributed by atoms with Gasteiger partial charge in [0.25, 0.3) is 0 Å². The quantitative estimate of drug-likeness (QED) is 0.176. The summed E-state index contributed by atoms with van der Waals surface area (Å²) in [5.74, 6) is 0. The van der Waals surface area contributed by atoms with Crippen molar-refractivity contribution in [2.24, 2.45) is 0 Å². The van der Waals surface area contributed by atoms with Crippen LogP contribution in [0.1, 0.15) is 22.3 Å². The molecule has 2 radical (unpaired) electrons. The summed E-state index contributed by atoms with van der Waals surface area (Å²) in [4.78, 5) is 9.38. The van der Waals surface area contributed by atoms with Gasteiger partial charge in [0.2, 0.25) is 0 Å². The summed E-state index contributed by atoms with van der Waals surface area (Å²) >= 11 is -5.82. The Morgan fingerprint density at radius 2 is 0.617 bits per heavy atom. The molecule has 1 aliphatic rings. The Balaban J connectivity index is 1.91. The molecule has 6 heteroatoms. The molecule has 0 spiro atoms. The van der Waals surface area contributed by atoms with Gasteiger partial charge in [-0.2, -0.15) is 0 Å². The molecule has 244 valence electrons. The van der Waals surface area contributed by atoms with Gasteiger partial charge in [-0.25, -0.2) is 0 Å². The summed E-state index contributed by atoms with van der Waals surface area (Å²) in [6.07, 6.45) is 10.2. The van der Waals surface area contributed by atoms with E-state index in [4.69, 9.17) is 0 Å². The molecule has 5 rings (SSSR count). The zero-order valence-corrected chi connectivity index (χ0v) is 35.4. The Kier molecular flexibility index (Phi) is 12.6. The van der Waals surface area contributed by atoms with E-state index in [0.29, 0.717) is 0 Å². The maximum absolute atomic E-state index is 2.91. The fourth-order valence-electron chi connectivity index (χ4n) is 7.08. The number of benzene rings is 4. The van der Waals surface area contributed by atoms with Crippen molar-refractivity contribution in [1.82, 2.24) is 19.6 Å². The van der Waals surface area contributed by atoms with Crippen LogP contribution in [-0.2, 0) is 26.2 Å². The Bertz CT molecular complexity index is 1460. The van der Waals surface area contributed by atoms with E-state index >= 15 is 0 Å². The van der Waals surface area contributed by atoms with Crippen LogP contribution < -0.4 is 14.3 Å². The van der Waals surface area contributed by atoms with Crippen LogP contribution in [0, 0.1) is 0 Å². The first kappa shape index (κ1) is 36.1. The summed E-state index contributed by atoms with van der Waals surface area (Å²) in [5.41, 5.74) is 5.96. The molecule has 0 unspecified atom stereocenters. The van der Waals surface area contributed by atoms with Gasteiger partial charge in [-0.3, -0.25) is 0 Å². The van der Waals surface area contributed by atoms with Crippen LogP contribution in [0.4, 0.5) is 0 Å². The van der Waals surface area contributed by atoms with E-state index in [1.165, 1.54) is 22.3 Å². The molecule has 0 heterocycles. The van der Waals surface area contributed by atoms with Crippen LogP contribution in [0.5, 0.6) is 0 Å². The second-order valence-electron chi connectivity index (χ2n) is 13.9. The van der Waals surface area contributed by atoms with E-state index < -0.39 is 39.5 Å². The normalized spacial score (nSPS) is 14.2. The van der Waals surface area contributed by atoms with Gasteiger partial charge >= 0.3 is 301 Å². The SMILES string of the molecule is CN(C)Cc1cccc[c]1[Sn]([c]1ccccc1CN(C)C)[C]1([Sn]([c]2ccccc2CN(C)C)[c]2ccccc2CN(C)C)C=CC=C1. The fourth-order valence-corrected chi connectivity index (χ4v) is 41.2. The molecular formula is C41H52N4Sn2. The minimum absolute atomic E-state index is 0.0140. The van der Waals surface area contributed by atoms with E-state index in [1.807, 2.05) is 0 Å². The zero-order valence-electron chi connectivity index (χ0n) is 29.7. The molecular weight excluding hydrogens is 786 g/mol. The molecule has 0 saturated carbocycles. The third-order valence-corrected chi connectivity index (χ3v) is 36.7. The molecule has 0 aromatic heterocycles. The molecule has 0 bridgehead atoms. The van der Waals surface area contributed by atoms with Crippen molar-refractivity contribution in [3.05, 3.63) is 144 Å². The average Bonchev–Trinajstić information content (AvgIpc) is 3.50.